The van der Waals surface area contributed by atoms with Gasteiger partial charge in [0.1, 0.15) is 5.75 Å². The molecular formula is C21H23N4O3. The first-order valence-electron chi connectivity index (χ1n) is 9.18. The zero-order chi connectivity index (χ0) is 20.3. The zero-order valence-corrected chi connectivity index (χ0v) is 16.2. The van der Waals surface area contributed by atoms with Gasteiger partial charge in [0.15, 0.2) is 5.82 Å². The number of phenolic OH excluding ortho intramolecular Hbond substituents is 1. The molecule has 0 unspecified atom stereocenters. The van der Waals surface area contributed by atoms with E-state index in [2.05, 4.69) is 16.3 Å². The van der Waals surface area contributed by atoms with Gasteiger partial charge in [-0.3, -0.25) is 4.79 Å². The molecule has 0 aliphatic carbocycles. The van der Waals surface area contributed by atoms with Crippen molar-refractivity contribution in [2.24, 2.45) is 0 Å². The Labute approximate surface area is 163 Å². The molecule has 3 rings (SSSR count). The van der Waals surface area contributed by atoms with E-state index >= 15 is 0 Å². The molecule has 0 saturated carbocycles. The molecule has 2 aromatic carbocycles. The lowest BCUT2D eigenvalue weighted by molar-refractivity contribution is 0.0790. The Morgan fingerprint density at radius 3 is 2.82 bits per heavy atom. The van der Waals surface area contributed by atoms with Gasteiger partial charge in [0.2, 0.25) is 0 Å². The van der Waals surface area contributed by atoms with Crippen LogP contribution in [0.3, 0.4) is 0 Å². The van der Waals surface area contributed by atoms with E-state index in [0.29, 0.717) is 23.6 Å². The maximum absolute atomic E-state index is 12.7. The first-order valence-corrected chi connectivity index (χ1v) is 9.18. The number of nitrogens with one attached hydrogen (secondary N) is 1. The first-order chi connectivity index (χ1) is 13.4. The van der Waals surface area contributed by atoms with Crippen molar-refractivity contribution in [3.8, 4) is 22.8 Å². The highest BCUT2D eigenvalue weighted by Gasteiger charge is 2.20. The van der Waals surface area contributed by atoms with Gasteiger partial charge in [-0.25, -0.2) is 14.5 Å². The van der Waals surface area contributed by atoms with Crippen molar-refractivity contribution in [3.05, 3.63) is 64.1 Å². The van der Waals surface area contributed by atoms with Crippen LogP contribution < -0.4 is 5.69 Å². The molecule has 3 aromatic rings. The molecule has 145 valence electrons. The molecule has 0 fully saturated rings. The van der Waals surface area contributed by atoms with Crippen LogP contribution in [0.1, 0.15) is 35.7 Å². The number of amides is 1. The third-order valence-corrected chi connectivity index (χ3v) is 4.62. The Kier molecular flexibility index (Phi) is 5.63. The minimum atomic E-state index is -0.390. The van der Waals surface area contributed by atoms with E-state index in [0.717, 1.165) is 18.4 Å². The van der Waals surface area contributed by atoms with Crippen LogP contribution in [-0.4, -0.2) is 44.3 Å². The molecule has 0 aliphatic heterocycles. The fourth-order valence-corrected chi connectivity index (χ4v) is 3.00. The molecule has 2 N–H and O–H groups in total. The van der Waals surface area contributed by atoms with Crippen molar-refractivity contribution < 1.29 is 9.90 Å². The van der Waals surface area contributed by atoms with Crippen LogP contribution in [0, 0.1) is 13.0 Å². The summed E-state index contributed by atoms with van der Waals surface area (Å²) in [4.78, 5) is 26.7. The summed E-state index contributed by atoms with van der Waals surface area (Å²) in [6.07, 6.45) is 1.84. The summed E-state index contributed by atoms with van der Waals surface area (Å²) in [6.45, 7) is 4.55. The molecule has 0 bridgehead atoms. The highest BCUT2D eigenvalue weighted by atomic mass is 16.3. The van der Waals surface area contributed by atoms with Gasteiger partial charge >= 0.3 is 5.69 Å². The van der Waals surface area contributed by atoms with Gasteiger partial charge in [-0.05, 0) is 43.2 Å². The van der Waals surface area contributed by atoms with Crippen LogP contribution in [-0.2, 0) is 0 Å². The normalized spacial score (nSPS) is 10.8. The Balaban J connectivity index is 2.06. The van der Waals surface area contributed by atoms with Gasteiger partial charge in [-0.2, -0.15) is 5.10 Å². The molecule has 0 spiro atoms. The number of aryl methyl sites for hydroxylation is 1. The number of aromatic nitrogens is 3. The van der Waals surface area contributed by atoms with Gasteiger partial charge in [0.05, 0.1) is 11.3 Å². The maximum Gasteiger partial charge on any atom is 0.348 e. The van der Waals surface area contributed by atoms with E-state index < -0.39 is 5.69 Å². The summed E-state index contributed by atoms with van der Waals surface area (Å²) in [7, 11) is 1.70. The van der Waals surface area contributed by atoms with Crippen molar-refractivity contribution in [1.29, 1.82) is 0 Å². The number of hydrogen-bond donors (Lipinski definition) is 2. The second-order valence-electron chi connectivity index (χ2n) is 6.70. The number of carbonyl (C=O) groups excluding carboxylic acids is 1. The molecular weight excluding hydrogens is 356 g/mol. The summed E-state index contributed by atoms with van der Waals surface area (Å²) < 4.78 is 1.44. The maximum atomic E-state index is 12.7. The zero-order valence-electron chi connectivity index (χ0n) is 16.2. The Bertz CT molecular complexity index is 1050. The number of aromatic hydroxyl groups is 1. The second kappa shape index (κ2) is 8.12. The monoisotopic (exact) mass is 379 g/mol. The van der Waals surface area contributed by atoms with E-state index in [4.69, 9.17) is 0 Å². The number of aromatic amines is 1. The minimum absolute atomic E-state index is 0.152. The van der Waals surface area contributed by atoms with E-state index in [1.165, 1.54) is 16.7 Å². The summed E-state index contributed by atoms with van der Waals surface area (Å²) in [6, 6.07) is 13.2. The number of benzene rings is 2. The highest BCUT2D eigenvalue weighted by Crippen LogP contribution is 2.26. The molecule has 1 heterocycles. The Morgan fingerprint density at radius 2 is 2.11 bits per heavy atom. The quantitative estimate of drug-likeness (QED) is 0.689. The average Bonchev–Trinajstić information content (AvgIpc) is 3.07. The third-order valence-electron chi connectivity index (χ3n) is 4.62. The van der Waals surface area contributed by atoms with Crippen molar-refractivity contribution in [1.82, 2.24) is 19.7 Å². The largest absolute Gasteiger partial charge is 0.507 e. The van der Waals surface area contributed by atoms with Crippen LogP contribution in [0.25, 0.3) is 17.1 Å². The van der Waals surface area contributed by atoms with E-state index in [-0.39, 0.29) is 17.2 Å². The van der Waals surface area contributed by atoms with Crippen LogP contribution in [0.15, 0.2) is 41.2 Å². The summed E-state index contributed by atoms with van der Waals surface area (Å²) >= 11 is 0. The number of phenols is 1. The molecule has 28 heavy (non-hydrogen) atoms. The molecule has 7 nitrogen and oxygen atoms in total. The molecule has 1 radical (unpaired) electrons. The van der Waals surface area contributed by atoms with Gasteiger partial charge in [0, 0.05) is 19.2 Å². The lowest BCUT2D eigenvalue weighted by atomic mass is 10.1. The molecule has 7 heteroatoms. The van der Waals surface area contributed by atoms with Gasteiger partial charge in [-0.15, -0.1) is 0 Å². The molecule has 0 atom stereocenters. The molecule has 1 aromatic heterocycles. The summed E-state index contributed by atoms with van der Waals surface area (Å²) in [5.74, 6) is -0.122. The van der Waals surface area contributed by atoms with Gasteiger partial charge in [-0.1, -0.05) is 31.5 Å². The second-order valence-corrected chi connectivity index (χ2v) is 6.70. The fourth-order valence-electron chi connectivity index (χ4n) is 3.00. The van der Waals surface area contributed by atoms with Gasteiger partial charge < -0.3 is 10.0 Å². The third kappa shape index (κ3) is 3.69. The summed E-state index contributed by atoms with van der Waals surface area (Å²) in [5, 5.41) is 16.8. The van der Waals surface area contributed by atoms with Crippen molar-refractivity contribution in [3.63, 3.8) is 0 Å². The number of nitrogens with zero attached hydrogens (tertiary/aromatic N) is 3. The number of hydrogen-bond acceptors (Lipinski definition) is 4. The smallest absolute Gasteiger partial charge is 0.348 e. The molecule has 0 aliphatic rings. The Morgan fingerprint density at radius 1 is 1.36 bits per heavy atom. The van der Waals surface area contributed by atoms with Crippen molar-refractivity contribution in [2.75, 3.05) is 13.6 Å². The summed E-state index contributed by atoms with van der Waals surface area (Å²) in [5.41, 5.74) is 1.79. The lowest BCUT2D eigenvalue weighted by Gasteiger charge is -2.18. The van der Waals surface area contributed by atoms with Crippen LogP contribution in [0.5, 0.6) is 5.75 Å². The highest BCUT2D eigenvalue weighted by molar-refractivity contribution is 5.97. The predicted molar refractivity (Wildman–Crippen MR) is 107 cm³/mol. The first kappa shape index (κ1) is 19.4. The number of H-pyrrole nitrogens is 1. The minimum Gasteiger partial charge on any atom is -0.507 e. The molecule has 1 amide bonds. The topological polar surface area (TPSA) is 91.2 Å². The van der Waals surface area contributed by atoms with Crippen LogP contribution in [0.4, 0.5) is 0 Å². The van der Waals surface area contributed by atoms with Gasteiger partial charge in [0.25, 0.3) is 5.91 Å². The number of para-hydroxylation sites is 1. The lowest BCUT2D eigenvalue weighted by Crippen LogP contribution is -2.27. The van der Waals surface area contributed by atoms with Crippen LogP contribution in [0.2, 0.25) is 0 Å². The van der Waals surface area contributed by atoms with Crippen LogP contribution >= 0.6 is 0 Å². The van der Waals surface area contributed by atoms with E-state index in [1.807, 2.05) is 38.1 Å². The molecule has 0 saturated heterocycles. The standard InChI is InChI=1S/C21H23N4O3/c1-4-5-12-24(3)20(27)16-13-15(10-11-18(16)26)19-22-23-21(28)25(19)17-9-7-6-8-14(17)2/h6-9,11,13,26H,4-5,12H2,1-3H3,(H,23,28). The van der Waals surface area contributed by atoms with Crippen molar-refractivity contribution in [2.45, 2.75) is 26.7 Å². The number of carbonyl (C=O) groups is 1. The number of unbranched alkanes of at least 4 members (excludes halogenated alkanes) is 1. The Hall–Kier alpha value is -3.35. The number of rotatable bonds is 6. The predicted octanol–water partition coefficient (Wildman–Crippen LogP) is 2.91. The SMILES string of the molecule is CCCCN(C)C(=O)c1cc(-c2n[nH]c(=O)n2-c2ccccc2C)[c]cc1O. The van der Waals surface area contributed by atoms with E-state index in [9.17, 15) is 14.7 Å². The average molecular weight is 379 g/mol. The fraction of sp³-hybridized carbons (Fsp3) is 0.286. The van der Waals surface area contributed by atoms with E-state index in [1.54, 1.807) is 11.9 Å². The van der Waals surface area contributed by atoms with Crippen molar-refractivity contribution >= 4 is 5.91 Å².